The van der Waals surface area contributed by atoms with E-state index in [0.29, 0.717) is 11.8 Å². The average molecular weight is 411 g/mol. The summed E-state index contributed by atoms with van der Waals surface area (Å²) in [5, 5.41) is 0.0736. The summed E-state index contributed by atoms with van der Waals surface area (Å²) in [4.78, 5) is 12.9. The molecule has 1 unspecified atom stereocenters. The number of aromatic nitrogens is 2. The van der Waals surface area contributed by atoms with Gasteiger partial charge in [0.25, 0.3) is 5.76 Å². The Balaban J connectivity index is 1.50. The highest BCUT2D eigenvalue weighted by molar-refractivity contribution is 7.99. The van der Waals surface area contributed by atoms with Gasteiger partial charge in [0.05, 0.1) is 13.2 Å². The monoisotopic (exact) mass is 411 g/mol. The predicted octanol–water partition coefficient (Wildman–Crippen LogP) is 5.79. The van der Waals surface area contributed by atoms with Crippen molar-refractivity contribution in [2.24, 2.45) is 4.99 Å². The molecule has 7 heteroatoms. The van der Waals surface area contributed by atoms with Gasteiger partial charge in [0.15, 0.2) is 5.16 Å². The third-order valence-electron chi connectivity index (χ3n) is 4.84. The van der Waals surface area contributed by atoms with Crippen LogP contribution in [0.1, 0.15) is 30.0 Å². The van der Waals surface area contributed by atoms with E-state index < -0.39 is 5.76 Å². The van der Waals surface area contributed by atoms with Crippen LogP contribution in [0, 0.1) is 0 Å². The molecule has 0 radical (unpaired) electrons. The number of hydrogen-bond acceptors (Lipinski definition) is 5. The maximum Gasteiger partial charge on any atom is 0.291 e. The molecular weight excluding hydrogens is 392 g/mol. The zero-order valence-electron chi connectivity index (χ0n) is 15.8. The van der Waals surface area contributed by atoms with E-state index in [4.69, 9.17) is 9.73 Å². The molecular formula is C22H19F2N3OS. The first-order valence-corrected chi connectivity index (χ1v) is 10.1. The number of hydrogen-bond donors (Lipinski definition) is 0. The van der Waals surface area contributed by atoms with Gasteiger partial charge in [-0.3, -0.25) is 4.99 Å². The van der Waals surface area contributed by atoms with Crippen LogP contribution < -0.4 is 4.74 Å². The van der Waals surface area contributed by atoms with Gasteiger partial charge in [0.2, 0.25) is 0 Å². The topological polar surface area (TPSA) is 47.4 Å². The van der Waals surface area contributed by atoms with Crippen molar-refractivity contribution < 1.29 is 13.5 Å². The number of rotatable bonds is 6. The minimum absolute atomic E-state index is 0.0736. The molecule has 2 aromatic carbocycles. The van der Waals surface area contributed by atoms with E-state index in [2.05, 4.69) is 22.1 Å². The molecule has 0 aliphatic carbocycles. The van der Waals surface area contributed by atoms with E-state index in [1.54, 1.807) is 19.5 Å². The highest BCUT2D eigenvalue weighted by atomic mass is 32.2. The van der Waals surface area contributed by atoms with Crippen molar-refractivity contribution >= 4 is 17.5 Å². The lowest BCUT2D eigenvalue weighted by atomic mass is 10.0. The molecule has 0 spiro atoms. The van der Waals surface area contributed by atoms with Crippen molar-refractivity contribution in [3.05, 3.63) is 72.1 Å². The van der Waals surface area contributed by atoms with Crippen LogP contribution in [0.25, 0.3) is 11.1 Å². The Hall–Kier alpha value is -2.80. The molecule has 1 atom stereocenters. The molecule has 1 aliphatic heterocycles. The molecule has 0 bridgehead atoms. The first kappa shape index (κ1) is 19.5. The van der Waals surface area contributed by atoms with Gasteiger partial charge in [-0.15, -0.1) is 0 Å². The minimum atomic E-state index is -2.52. The molecule has 4 rings (SSSR count). The quantitative estimate of drug-likeness (QED) is 0.380. The average Bonchev–Trinajstić information content (AvgIpc) is 3.24. The molecule has 148 valence electrons. The summed E-state index contributed by atoms with van der Waals surface area (Å²) in [6, 6.07) is 16.1. The van der Waals surface area contributed by atoms with E-state index in [-0.39, 0.29) is 11.2 Å². The molecule has 3 aromatic rings. The third-order valence-corrected chi connectivity index (χ3v) is 5.44. The number of ether oxygens (including phenoxy) is 1. The second kappa shape index (κ2) is 8.69. The van der Waals surface area contributed by atoms with E-state index in [0.717, 1.165) is 46.6 Å². The van der Waals surface area contributed by atoms with Crippen LogP contribution in [0.4, 0.5) is 8.78 Å². The summed E-state index contributed by atoms with van der Waals surface area (Å²) < 4.78 is 30.2. The molecule has 1 aromatic heterocycles. The van der Waals surface area contributed by atoms with E-state index in [1.807, 2.05) is 36.4 Å². The predicted molar refractivity (Wildman–Crippen MR) is 111 cm³/mol. The van der Waals surface area contributed by atoms with Crippen molar-refractivity contribution in [3.63, 3.8) is 0 Å². The highest BCUT2D eigenvalue weighted by Crippen LogP contribution is 2.34. The van der Waals surface area contributed by atoms with Crippen LogP contribution in [0.2, 0.25) is 0 Å². The third kappa shape index (κ3) is 4.45. The Morgan fingerprint density at radius 2 is 1.72 bits per heavy atom. The van der Waals surface area contributed by atoms with Gasteiger partial charge in [0.1, 0.15) is 5.75 Å². The van der Waals surface area contributed by atoms with Gasteiger partial charge < -0.3 is 4.74 Å². The van der Waals surface area contributed by atoms with E-state index >= 15 is 0 Å². The highest BCUT2D eigenvalue weighted by Gasteiger charge is 2.22. The number of para-hydroxylation sites is 1. The number of halogens is 2. The number of thioether (sulfide) groups is 1. The standard InChI is InChI=1S/C22H19F2N3OS/c1-28-20-5-3-2-4-17(20)19-11-10-18(27-19)15-8-6-14(7-9-15)16-12-25-22(26-13-16)29-21(23)24/h2-9,12-13,18,21H,10-11H2,1H3. The smallest absolute Gasteiger partial charge is 0.291 e. The molecule has 0 N–H and O–H groups in total. The molecule has 2 heterocycles. The Kier molecular flexibility index (Phi) is 5.85. The summed E-state index contributed by atoms with van der Waals surface area (Å²) >= 11 is 0.343. The van der Waals surface area contributed by atoms with Crippen molar-refractivity contribution in [2.45, 2.75) is 29.8 Å². The van der Waals surface area contributed by atoms with Crippen LogP contribution >= 0.6 is 11.8 Å². The zero-order chi connectivity index (χ0) is 20.2. The van der Waals surface area contributed by atoms with Crippen LogP contribution in [-0.4, -0.2) is 28.5 Å². The Morgan fingerprint density at radius 1 is 1.00 bits per heavy atom. The fraction of sp³-hybridized carbons (Fsp3) is 0.227. The van der Waals surface area contributed by atoms with E-state index in [9.17, 15) is 8.78 Å². The summed E-state index contributed by atoms with van der Waals surface area (Å²) in [5.41, 5.74) is 4.99. The fourth-order valence-corrected chi connectivity index (χ4v) is 3.81. The molecule has 0 saturated carbocycles. The van der Waals surface area contributed by atoms with Gasteiger partial charge in [-0.2, -0.15) is 8.78 Å². The van der Waals surface area contributed by atoms with Gasteiger partial charge in [0, 0.05) is 29.2 Å². The zero-order valence-corrected chi connectivity index (χ0v) is 16.6. The Labute approximate surface area is 172 Å². The first-order valence-electron chi connectivity index (χ1n) is 9.21. The van der Waals surface area contributed by atoms with Gasteiger partial charge in [-0.25, -0.2) is 9.97 Å². The van der Waals surface area contributed by atoms with Gasteiger partial charge >= 0.3 is 0 Å². The molecule has 0 saturated heterocycles. The number of aliphatic imine (C=N–C) groups is 1. The summed E-state index contributed by atoms with van der Waals surface area (Å²) in [7, 11) is 1.67. The number of benzene rings is 2. The number of alkyl halides is 2. The van der Waals surface area contributed by atoms with E-state index in [1.165, 1.54) is 0 Å². The van der Waals surface area contributed by atoms with Crippen LogP contribution in [0.15, 0.2) is 71.1 Å². The Morgan fingerprint density at radius 3 is 2.41 bits per heavy atom. The maximum atomic E-state index is 12.4. The minimum Gasteiger partial charge on any atom is -0.496 e. The molecule has 1 aliphatic rings. The molecule has 4 nitrogen and oxygen atoms in total. The van der Waals surface area contributed by atoms with Crippen molar-refractivity contribution in [1.29, 1.82) is 0 Å². The van der Waals surface area contributed by atoms with Crippen LogP contribution in [0.3, 0.4) is 0 Å². The number of methoxy groups -OCH3 is 1. The number of nitrogens with zero attached hydrogens (tertiary/aromatic N) is 3. The summed E-state index contributed by atoms with van der Waals surface area (Å²) in [5.74, 6) is -1.68. The fourth-order valence-electron chi connectivity index (χ4n) is 3.42. The largest absolute Gasteiger partial charge is 0.496 e. The lowest BCUT2D eigenvalue weighted by Crippen LogP contribution is -1.99. The van der Waals surface area contributed by atoms with Crippen molar-refractivity contribution in [2.75, 3.05) is 7.11 Å². The van der Waals surface area contributed by atoms with Crippen LogP contribution in [0.5, 0.6) is 5.75 Å². The Bertz CT molecular complexity index is 1010. The SMILES string of the molecule is COc1ccccc1C1=NC(c2ccc(-c3cnc(SC(F)F)nc3)cc2)CC1. The molecule has 29 heavy (non-hydrogen) atoms. The van der Waals surface area contributed by atoms with Crippen molar-refractivity contribution in [3.8, 4) is 16.9 Å². The lowest BCUT2D eigenvalue weighted by molar-refractivity contribution is 0.251. The second-order valence-electron chi connectivity index (χ2n) is 6.59. The second-order valence-corrected chi connectivity index (χ2v) is 7.54. The van der Waals surface area contributed by atoms with Crippen molar-refractivity contribution in [1.82, 2.24) is 9.97 Å². The molecule has 0 amide bonds. The molecule has 0 fully saturated rings. The van der Waals surface area contributed by atoms with Gasteiger partial charge in [-0.05, 0) is 47.9 Å². The maximum absolute atomic E-state index is 12.4. The summed E-state index contributed by atoms with van der Waals surface area (Å²) in [6.45, 7) is 0. The van der Waals surface area contributed by atoms with Crippen LogP contribution in [-0.2, 0) is 0 Å². The van der Waals surface area contributed by atoms with Gasteiger partial charge in [-0.1, -0.05) is 36.4 Å². The first-order chi connectivity index (χ1) is 14.1. The lowest BCUT2D eigenvalue weighted by Gasteiger charge is -2.09. The normalized spacial score (nSPS) is 16.1. The summed E-state index contributed by atoms with van der Waals surface area (Å²) in [6.07, 6.45) is 5.00.